The Labute approximate surface area is 200 Å². The zero-order valence-corrected chi connectivity index (χ0v) is 20.0. The van der Waals surface area contributed by atoms with Crippen molar-refractivity contribution in [1.29, 1.82) is 0 Å². The first-order valence-electron chi connectivity index (χ1n) is 10.5. The Balaban J connectivity index is 1.40. The lowest BCUT2D eigenvalue weighted by Crippen LogP contribution is -2.34. The van der Waals surface area contributed by atoms with Gasteiger partial charge in [0.05, 0.1) is 6.61 Å². The van der Waals surface area contributed by atoms with E-state index in [0.717, 1.165) is 10.0 Å². The van der Waals surface area contributed by atoms with Crippen molar-refractivity contribution in [3.63, 3.8) is 0 Å². The minimum Gasteiger partial charge on any atom is -0.491 e. The van der Waals surface area contributed by atoms with Crippen LogP contribution in [0.25, 0.3) is 0 Å². The Morgan fingerprint density at radius 3 is 2.67 bits per heavy atom. The number of allylic oxidation sites excluding steroid dienone is 1. The van der Waals surface area contributed by atoms with Gasteiger partial charge in [-0.2, -0.15) is 5.10 Å². The van der Waals surface area contributed by atoms with Gasteiger partial charge in [0.15, 0.2) is 5.78 Å². The van der Waals surface area contributed by atoms with E-state index in [9.17, 15) is 4.79 Å². The molecular formula is C24H25BrN4O4. The zero-order valence-electron chi connectivity index (χ0n) is 18.4. The van der Waals surface area contributed by atoms with Gasteiger partial charge in [0, 0.05) is 42.0 Å². The maximum absolute atomic E-state index is 12.2. The molecule has 0 saturated carbocycles. The van der Waals surface area contributed by atoms with Crippen molar-refractivity contribution < 1.29 is 19.0 Å². The lowest BCUT2D eigenvalue weighted by atomic mass is 10.1. The maximum Gasteiger partial charge on any atom is 0.215 e. The SMILES string of the molecule is CN(C)C=CC(=O)c1ccc(OCC2COC(Cn3cncn3)(c3ccc(Br)cc3)O2)cc1. The molecule has 0 aliphatic carbocycles. The van der Waals surface area contributed by atoms with E-state index in [4.69, 9.17) is 14.2 Å². The molecule has 0 spiro atoms. The Hall–Kier alpha value is -3.01. The topological polar surface area (TPSA) is 78.7 Å². The number of carbonyl (C=O) groups is 1. The van der Waals surface area contributed by atoms with Crippen LogP contribution in [0.1, 0.15) is 15.9 Å². The molecule has 1 aliphatic heterocycles. The maximum atomic E-state index is 12.2. The van der Waals surface area contributed by atoms with E-state index in [1.165, 1.54) is 12.4 Å². The molecule has 172 valence electrons. The van der Waals surface area contributed by atoms with Gasteiger partial charge in [0.25, 0.3) is 0 Å². The van der Waals surface area contributed by atoms with E-state index in [1.807, 2.05) is 43.3 Å². The first-order chi connectivity index (χ1) is 15.9. The van der Waals surface area contributed by atoms with Gasteiger partial charge in [-0.15, -0.1) is 0 Å². The van der Waals surface area contributed by atoms with Crippen LogP contribution in [0.5, 0.6) is 5.75 Å². The highest BCUT2D eigenvalue weighted by Crippen LogP contribution is 2.36. The van der Waals surface area contributed by atoms with E-state index >= 15 is 0 Å². The molecule has 8 nitrogen and oxygen atoms in total. The van der Waals surface area contributed by atoms with Crippen LogP contribution >= 0.6 is 15.9 Å². The fraction of sp³-hybridized carbons (Fsp3) is 0.292. The molecule has 0 bridgehead atoms. The molecule has 2 unspecified atom stereocenters. The van der Waals surface area contributed by atoms with Crippen LogP contribution in [-0.2, 0) is 21.8 Å². The molecule has 4 rings (SSSR count). The summed E-state index contributed by atoms with van der Waals surface area (Å²) in [6.07, 6.45) is 6.10. The third kappa shape index (κ3) is 5.87. The first kappa shape index (κ1) is 23.2. The van der Waals surface area contributed by atoms with Gasteiger partial charge in [-0.05, 0) is 36.4 Å². The van der Waals surface area contributed by atoms with Crippen molar-refractivity contribution in [1.82, 2.24) is 19.7 Å². The van der Waals surface area contributed by atoms with Crippen molar-refractivity contribution in [3.8, 4) is 5.75 Å². The lowest BCUT2D eigenvalue weighted by molar-refractivity contribution is -0.190. The number of ketones is 1. The quantitative estimate of drug-likeness (QED) is 0.319. The molecule has 2 heterocycles. The van der Waals surface area contributed by atoms with Gasteiger partial charge in [-0.25, -0.2) is 9.67 Å². The molecule has 2 atom stereocenters. The van der Waals surface area contributed by atoms with E-state index in [-0.39, 0.29) is 11.9 Å². The Morgan fingerprint density at radius 1 is 1.24 bits per heavy atom. The highest BCUT2D eigenvalue weighted by molar-refractivity contribution is 9.10. The molecule has 1 aromatic heterocycles. The number of benzene rings is 2. The molecule has 9 heteroatoms. The summed E-state index contributed by atoms with van der Waals surface area (Å²) in [5.74, 6) is -0.392. The third-order valence-corrected chi connectivity index (χ3v) is 5.61. The number of nitrogens with zero attached hydrogens (tertiary/aromatic N) is 4. The van der Waals surface area contributed by atoms with Crippen molar-refractivity contribution in [2.45, 2.75) is 18.4 Å². The molecule has 0 radical (unpaired) electrons. The lowest BCUT2D eigenvalue weighted by Gasteiger charge is -2.28. The third-order valence-electron chi connectivity index (χ3n) is 5.08. The summed E-state index contributed by atoms with van der Waals surface area (Å²) in [6, 6.07) is 14.9. The standard InChI is InChI=1S/C24H25BrN4O4/c1-28(2)12-11-23(30)18-3-9-21(10-4-18)31-13-22-14-32-24(33-22,15-29-17-26-16-27-29)19-5-7-20(25)8-6-19/h3-12,16-17,22H,13-15H2,1-2H3. The van der Waals surface area contributed by atoms with Crippen LogP contribution in [0.15, 0.2) is 77.9 Å². The molecule has 0 N–H and O–H groups in total. The average Bonchev–Trinajstić information content (AvgIpc) is 3.48. The molecule has 3 aromatic rings. The van der Waals surface area contributed by atoms with Crippen LogP contribution in [-0.4, -0.2) is 58.9 Å². The van der Waals surface area contributed by atoms with Gasteiger partial charge in [-0.1, -0.05) is 28.1 Å². The molecule has 33 heavy (non-hydrogen) atoms. The van der Waals surface area contributed by atoms with Crippen LogP contribution in [0.2, 0.25) is 0 Å². The van der Waals surface area contributed by atoms with Crippen LogP contribution in [0.4, 0.5) is 0 Å². The Kier molecular flexibility index (Phi) is 7.22. The zero-order chi connectivity index (χ0) is 23.3. The minimum absolute atomic E-state index is 0.0600. The predicted molar refractivity (Wildman–Crippen MR) is 126 cm³/mol. The molecule has 1 aliphatic rings. The van der Waals surface area contributed by atoms with Crippen molar-refractivity contribution >= 4 is 21.7 Å². The smallest absolute Gasteiger partial charge is 0.215 e. The van der Waals surface area contributed by atoms with Gasteiger partial charge in [0.2, 0.25) is 5.79 Å². The number of hydrogen-bond acceptors (Lipinski definition) is 7. The highest BCUT2D eigenvalue weighted by Gasteiger charge is 2.44. The summed E-state index contributed by atoms with van der Waals surface area (Å²) in [4.78, 5) is 18.0. The molecular weight excluding hydrogens is 488 g/mol. The number of rotatable bonds is 9. The highest BCUT2D eigenvalue weighted by atomic mass is 79.9. The summed E-state index contributed by atoms with van der Waals surface area (Å²) < 4.78 is 21.1. The fourth-order valence-electron chi connectivity index (χ4n) is 3.42. The van der Waals surface area contributed by atoms with Crippen molar-refractivity contribution in [2.75, 3.05) is 27.3 Å². The van der Waals surface area contributed by atoms with Crippen LogP contribution < -0.4 is 4.74 Å². The summed E-state index contributed by atoms with van der Waals surface area (Å²) in [6.45, 7) is 1.04. The fourth-order valence-corrected chi connectivity index (χ4v) is 3.69. The molecule has 2 aromatic carbocycles. The number of aromatic nitrogens is 3. The monoisotopic (exact) mass is 512 g/mol. The van der Waals surface area contributed by atoms with E-state index in [0.29, 0.717) is 31.1 Å². The number of hydrogen-bond donors (Lipinski definition) is 0. The molecule has 0 amide bonds. The summed E-state index contributed by atoms with van der Waals surface area (Å²) in [7, 11) is 3.74. The number of ether oxygens (including phenoxy) is 3. The molecule has 1 fully saturated rings. The second-order valence-electron chi connectivity index (χ2n) is 7.88. The molecule has 1 saturated heterocycles. The van der Waals surface area contributed by atoms with Gasteiger partial charge >= 0.3 is 0 Å². The Morgan fingerprint density at radius 2 is 2.00 bits per heavy atom. The van der Waals surface area contributed by atoms with Gasteiger partial charge < -0.3 is 19.1 Å². The van der Waals surface area contributed by atoms with Crippen LogP contribution in [0, 0.1) is 0 Å². The second kappa shape index (κ2) is 10.3. The summed E-state index contributed by atoms with van der Waals surface area (Å²) >= 11 is 3.47. The van der Waals surface area contributed by atoms with E-state index in [2.05, 4.69) is 26.0 Å². The average molecular weight is 513 g/mol. The van der Waals surface area contributed by atoms with Crippen molar-refractivity contribution in [2.24, 2.45) is 0 Å². The number of halogens is 1. The summed E-state index contributed by atoms with van der Waals surface area (Å²) in [5, 5.41) is 4.20. The number of carbonyl (C=O) groups excluding carboxylic acids is 1. The van der Waals surface area contributed by atoms with E-state index in [1.54, 1.807) is 41.5 Å². The van der Waals surface area contributed by atoms with Crippen molar-refractivity contribution in [3.05, 3.63) is 89.1 Å². The largest absolute Gasteiger partial charge is 0.491 e. The first-order valence-corrected chi connectivity index (χ1v) is 11.2. The predicted octanol–water partition coefficient (Wildman–Crippen LogP) is 3.65. The Bertz CT molecular complexity index is 1080. The van der Waals surface area contributed by atoms with Gasteiger partial charge in [-0.3, -0.25) is 4.79 Å². The minimum atomic E-state index is -0.989. The van der Waals surface area contributed by atoms with Gasteiger partial charge in [0.1, 0.15) is 37.7 Å². The second-order valence-corrected chi connectivity index (χ2v) is 8.80. The van der Waals surface area contributed by atoms with E-state index < -0.39 is 5.79 Å². The van der Waals surface area contributed by atoms with Crippen LogP contribution in [0.3, 0.4) is 0 Å². The summed E-state index contributed by atoms with van der Waals surface area (Å²) in [5.41, 5.74) is 1.49. The normalized spacial score (nSPS) is 20.3.